The molecule has 1 fully saturated rings. The zero-order valence-corrected chi connectivity index (χ0v) is 21.0. The minimum Gasteiger partial charge on any atom is -0.370 e. The Labute approximate surface area is 212 Å². The lowest BCUT2D eigenvalue weighted by molar-refractivity contribution is -0.131. The highest BCUT2D eigenvalue weighted by Gasteiger charge is 2.23. The van der Waals surface area contributed by atoms with E-state index >= 15 is 0 Å². The minimum atomic E-state index is 0.208. The van der Waals surface area contributed by atoms with Gasteiger partial charge < -0.3 is 10.2 Å². The summed E-state index contributed by atoms with van der Waals surface area (Å²) in [5, 5.41) is 8.71. The number of carbonyl (C=O) groups is 1. The van der Waals surface area contributed by atoms with E-state index in [4.69, 9.17) is 16.6 Å². The smallest absolute Gasteiger partial charge is 0.226 e. The van der Waals surface area contributed by atoms with Crippen LogP contribution in [0.2, 0.25) is 5.02 Å². The first-order valence-electron chi connectivity index (χ1n) is 11.4. The third kappa shape index (κ3) is 4.95. The van der Waals surface area contributed by atoms with Crippen molar-refractivity contribution in [3.8, 4) is 11.3 Å². The lowest BCUT2D eigenvalue weighted by Crippen LogP contribution is -2.40. The molecule has 1 amide bonds. The molecule has 0 atom stereocenters. The summed E-state index contributed by atoms with van der Waals surface area (Å²) in [6.07, 6.45) is 4.17. The molecule has 3 heterocycles. The van der Waals surface area contributed by atoms with Gasteiger partial charge in [-0.25, -0.2) is 4.98 Å². The normalized spacial score (nSPS) is 14.5. The van der Waals surface area contributed by atoms with Gasteiger partial charge in [0.05, 0.1) is 22.8 Å². The number of hydrogen-bond donors (Lipinski definition) is 1. The predicted octanol–water partition coefficient (Wildman–Crippen LogP) is 5.71. The van der Waals surface area contributed by atoms with Gasteiger partial charge >= 0.3 is 0 Å². The summed E-state index contributed by atoms with van der Waals surface area (Å²) >= 11 is 9.99. The third-order valence-corrected chi connectivity index (χ3v) is 7.20. The van der Waals surface area contributed by atoms with Crippen molar-refractivity contribution >= 4 is 44.9 Å². The first-order chi connectivity index (χ1) is 16.6. The highest BCUT2D eigenvalue weighted by molar-refractivity contribution is 9.10. The second-order valence-electron chi connectivity index (χ2n) is 8.60. The molecule has 6 nitrogen and oxygen atoms in total. The maximum atomic E-state index is 12.7. The number of aromatic nitrogens is 3. The van der Waals surface area contributed by atoms with Crippen LogP contribution in [0.3, 0.4) is 0 Å². The SMILES string of the molecule is O=C(Cc1ccccc1)N1CCC(CNc2cc(-c3ccccc3Cl)nc3c(Br)cnn23)CC1. The van der Waals surface area contributed by atoms with Crippen LogP contribution < -0.4 is 5.32 Å². The number of halogens is 2. The molecule has 8 heteroatoms. The maximum Gasteiger partial charge on any atom is 0.226 e. The van der Waals surface area contributed by atoms with Crippen LogP contribution in [0.1, 0.15) is 18.4 Å². The van der Waals surface area contributed by atoms with Gasteiger partial charge in [-0.2, -0.15) is 9.61 Å². The van der Waals surface area contributed by atoms with Gasteiger partial charge in [0.25, 0.3) is 0 Å². The van der Waals surface area contributed by atoms with Gasteiger partial charge in [0, 0.05) is 36.3 Å². The van der Waals surface area contributed by atoms with Crippen molar-refractivity contribution in [3.63, 3.8) is 0 Å². The van der Waals surface area contributed by atoms with Crippen LogP contribution in [0.25, 0.3) is 16.9 Å². The van der Waals surface area contributed by atoms with Crippen LogP contribution in [0, 0.1) is 5.92 Å². The molecule has 2 aromatic carbocycles. The highest BCUT2D eigenvalue weighted by atomic mass is 79.9. The Hall–Kier alpha value is -2.90. The molecule has 0 spiro atoms. The zero-order valence-electron chi connectivity index (χ0n) is 18.6. The average molecular weight is 539 g/mol. The molecule has 1 aliphatic rings. The van der Waals surface area contributed by atoms with Gasteiger partial charge in [-0.15, -0.1) is 0 Å². The van der Waals surface area contributed by atoms with E-state index in [0.717, 1.165) is 65.2 Å². The lowest BCUT2D eigenvalue weighted by atomic mass is 9.96. The van der Waals surface area contributed by atoms with Crippen LogP contribution in [-0.4, -0.2) is 45.0 Å². The fourth-order valence-electron chi connectivity index (χ4n) is 4.39. The Morgan fingerprint density at radius 2 is 1.82 bits per heavy atom. The van der Waals surface area contributed by atoms with Gasteiger partial charge in [-0.05, 0) is 46.3 Å². The second kappa shape index (κ2) is 10.2. The number of amides is 1. The van der Waals surface area contributed by atoms with Gasteiger partial charge in [-0.3, -0.25) is 4.79 Å². The van der Waals surface area contributed by atoms with Crippen molar-refractivity contribution in [1.82, 2.24) is 19.5 Å². The van der Waals surface area contributed by atoms with Crippen molar-refractivity contribution in [2.45, 2.75) is 19.3 Å². The first kappa shape index (κ1) is 22.9. The van der Waals surface area contributed by atoms with E-state index in [0.29, 0.717) is 17.4 Å². The lowest BCUT2D eigenvalue weighted by Gasteiger charge is -2.32. The number of anilines is 1. The summed E-state index contributed by atoms with van der Waals surface area (Å²) in [5.74, 6) is 1.55. The molecule has 1 N–H and O–H groups in total. The number of nitrogens with one attached hydrogen (secondary N) is 1. The average Bonchev–Trinajstić information content (AvgIpc) is 3.24. The van der Waals surface area contributed by atoms with E-state index in [2.05, 4.69) is 26.3 Å². The fraction of sp³-hybridized carbons (Fsp3) is 0.269. The topological polar surface area (TPSA) is 62.5 Å². The molecule has 2 aromatic heterocycles. The molecule has 0 unspecified atom stereocenters. The quantitative estimate of drug-likeness (QED) is 0.342. The molecule has 4 aromatic rings. The molecule has 34 heavy (non-hydrogen) atoms. The molecular weight excluding hydrogens is 514 g/mol. The van der Waals surface area contributed by atoms with E-state index < -0.39 is 0 Å². The number of fused-ring (bicyclic) bond motifs is 1. The first-order valence-corrected chi connectivity index (χ1v) is 12.6. The predicted molar refractivity (Wildman–Crippen MR) is 139 cm³/mol. The van der Waals surface area contributed by atoms with E-state index in [1.165, 1.54) is 0 Å². The number of hydrogen-bond acceptors (Lipinski definition) is 4. The van der Waals surface area contributed by atoms with E-state index in [9.17, 15) is 4.79 Å². The number of piperidine rings is 1. The molecule has 1 saturated heterocycles. The van der Waals surface area contributed by atoms with Crippen molar-refractivity contribution in [1.29, 1.82) is 0 Å². The Balaban J connectivity index is 1.25. The van der Waals surface area contributed by atoms with Crippen LogP contribution in [0.4, 0.5) is 5.82 Å². The summed E-state index contributed by atoms with van der Waals surface area (Å²) < 4.78 is 2.64. The Morgan fingerprint density at radius 1 is 1.09 bits per heavy atom. The molecule has 1 aliphatic heterocycles. The minimum absolute atomic E-state index is 0.208. The summed E-state index contributed by atoms with van der Waals surface area (Å²) in [7, 11) is 0. The monoisotopic (exact) mass is 537 g/mol. The van der Waals surface area contributed by atoms with Crippen LogP contribution >= 0.6 is 27.5 Å². The van der Waals surface area contributed by atoms with E-state index in [1.54, 1.807) is 6.20 Å². The number of nitrogens with zero attached hydrogens (tertiary/aromatic N) is 4. The Kier molecular flexibility index (Phi) is 6.83. The van der Waals surface area contributed by atoms with Crippen molar-refractivity contribution in [3.05, 3.63) is 81.9 Å². The van der Waals surface area contributed by atoms with Gasteiger partial charge in [0.1, 0.15) is 5.82 Å². The Bertz CT molecular complexity index is 1300. The maximum absolute atomic E-state index is 12.7. The largest absolute Gasteiger partial charge is 0.370 e. The van der Waals surface area contributed by atoms with Crippen molar-refractivity contribution in [2.24, 2.45) is 5.92 Å². The standard InChI is InChI=1S/C26H25BrClN5O/c27-21-17-30-33-24(15-23(31-26(21)33)20-8-4-5-9-22(20)28)29-16-19-10-12-32(13-11-19)25(34)14-18-6-2-1-3-7-18/h1-9,15,17,19,29H,10-14,16H2. The van der Waals surface area contributed by atoms with Crippen molar-refractivity contribution < 1.29 is 4.79 Å². The molecular formula is C26H25BrClN5O. The van der Waals surface area contributed by atoms with Crippen LogP contribution in [0.15, 0.2) is 71.3 Å². The molecule has 0 aliphatic carbocycles. The number of likely N-dealkylation sites (tertiary alicyclic amines) is 1. The van der Waals surface area contributed by atoms with Gasteiger partial charge in [-0.1, -0.05) is 60.1 Å². The summed E-state index contributed by atoms with van der Waals surface area (Å²) in [5.41, 5.74) is 3.48. The van der Waals surface area contributed by atoms with Crippen LogP contribution in [0.5, 0.6) is 0 Å². The molecule has 0 radical (unpaired) electrons. The zero-order chi connectivity index (χ0) is 23.5. The third-order valence-electron chi connectivity index (χ3n) is 6.32. The number of rotatable bonds is 6. The summed E-state index contributed by atoms with van der Waals surface area (Å²) in [6.45, 7) is 2.39. The van der Waals surface area contributed by atoms with Crippen molar-refractivity contribution in [2.75, 3.05) is 25.0 Å². The fourth-order valence-corrected chi connectivity index (χ4v) is 4.97. The molecule has 174 valence electrons. The van der Waals surface area contributed by atoms with E-state index in [-0.39, 0.29) is 5.91 Å². The van der Waals surface area contributed by atoms with Gasteiger partial charge in [0.2, 0.25) is 5.91 Å². The van der Waals surface area contributed by atoms with Gasteiger partial charge in [0.15, 0.2) is 5.65 Å². The number of carbonyl (C=O) groups excluding carboxylic acids is 1. The molecule has 0 saturated carbocycles. The summed E-state index contributed by atoms with van der Waals surface area (Å²) in [6, 6.07) is 19.6. The summed E-state index contributed by atoms with van der Waals surface area (Å²) in [4.78, 5) is 19.4. The Morgan fingerprint density at radius 3 is 2.59 bits per heavy atom. The van der Waals surface area contributed by atoms with Crippen LogP contribution in [-0.2, 0) is 11.2 Å². The highest BCUT2D eigenvalue weighted by Crippen LogP contribution is 2.30. The second-order valence-corrected chi connectivity index (χ2v) is 9.86. The number of benzene rings is 2. The molecule has 0 bridgehead atoms. The molecule has 5 rings (SSSR count). The van der Waals surface area contributed by atoms with E-state index in [1.807, 2.05) is 70.1 Å².